The highest BCUT2D eigenvalue weighted by atomic mass is 35.5. The average Bonchev–Trinajstić information content (AvgIpc) is 2.80. The van der Waals surface area contributed by atoms with E-state index in [1.165, 1.54) is 24.4 Å². The third-order valence-electron chi connectivity index (χ3n) is 4.46. The van der Waals surface area contributed by atoms with Crippen LogP contribution in [0.25, 0.3) is 10.8 Å². The van der Waals surface area contributed by atoms with Crippen molar-refractivity contribution in [3.8, 4) is 0 Å². The first-order valence-electron chi connectivity index (χ1n) is 9.88. The van der Waals surface area contributed by atoms with Crippen LogP contribution in [0.3, 0.4) is 0 Å². The van der Waals surface area contributed by atoms with Gasteiger partial charge in [-0.05, 0) is 17.7 Å². The smallest absolute Gasteiger partial charge is 0.480 e. The number of guanidine groups is 1. The molecule has 198 valence electrons. The maximum Gasteiger partial charge on any atom is 0.490 e. The lowest BCUT2D eigenvalue weighted by molar-refractivity contribution is -0.192. The second kappa shape index (κ2) is 11.9. The van der Waals surface area contributed by atoms with Crippen molar-refractivity contribution >= 4 is 56.1 Å². The number of fused-ring (bicyclic) bond motifs is 1. The number of nitrogens with two attached hydrogens (primary N) is 1. The largest absolute Gasteiger partial charge is 0.490 e. The summed E-state index contributed by atoms with van der Waals surface area (Å²) < 4.78 is 59.1. The Morgan fingerprint density at radius 3 is 2.22 bits per heavy atom. The Labute approximate surface area is 212 Å². The van der Waals surface area contributed by atoms with Gasteiger partial charge in [-0.2, -0.15) is 17.5 Å². The molecule has 0 aliphatic heterocycles. The fourth-order valence-corrected chi connectivity index (χ4v) is 4.51. The van der Waals surface area contributed by atoms with Crippen molar-refractivity contribution in [2.75, 3.05) is 11.9 Å². The number of hydrogen-bond acceptors (Lipinski definition) is 6. The standard InChI is InChI=1S/C19H18ClN5O4S.C2HF3O2/c20-16-9-23-18(24-19(21)22)15-8-13(6-7-14(15)16)30(28,29)25(11-17(26)27)10-12-4-2-1-3-5-12;3-2(4,5)1(6)7/h1-9H,10-11H2,(H,26,27)(H4,21,22,23,24);(H,6,7). The number of nitrogens with one attached hydrogen (secondary N) is 2. The molecule has 0 atom stereocenters. The lowest BCUT2D eigenvalue weighted by Gasteiger charge is -2.21. The Balaban J connectivity index is 0.000000604. The topological polar surface area (TPSA) is 187 Å². The van der Waals surface area contributed by atoms with Crippen LogP contribution in [0.5, 0.6) is 0 Å². The molecule has 0 aliphatic rings. The van der Waals surface area contributed by atoms with E-state index in [1.807, 2.05) is 0 Å². The Kier molecular flexibility index (Phi) is 9.38. The van der Waals surface area contributed by atoms with Gasteiger partial charge in [0.15, 0.2) is 5.96 Å². The number of anilines is 1. The molecule has 3 aromatic rings. The number of carbonyl (C=O) groups is 2. The van der Waals surface area contributed by atoms with Crippen molar-refractivity contribution in [1.29, 1.82) is 5.41 Å². The second-order valence-electron chi connectivity index (χ2n) is 7.16. The first kappa shape index (κ1) is 29.3. The minimum atomic E-state index is -5.08. The van der Waals surface area contributed by atoms with E-state index < -0.39 is 34.7 Å². The highest BCUT2D eigenvalue weighted by Crippen LogP contribution is 2.31. The number of sulfonamides is 1. The number of rotatable bonds is 7. The molecule has 0 unspecified atom stereocenters. The summed E-state index contributed by atoms with van der Waals surface area (Å²) in [5.41, 5.74) is 6.02. The summed E-state index contributed by atoms with van der Waals surface area (Å²) in [6.45, 7) is -0.818. The number of aliphatic carboxylic acids is 2. The van der Waals surface area contributed by atoms with Crippen LogP contribution in [-0.2, 0) is 26.2 Å². The van der Waals surface area contributed by atoms with Gasteiger partial charge >= 0.3 is 18.1 Å². The van der Waals surface area contributed by atoms with E-state index in [2.05, 4.69) is 10.3 Å². The van der Waals surface area contributed by atoms with Crippen molar-refractivity contribution < 1.29 is 41.4 Å². The van der Waals surface area contributed by atoms with Crippen LogP contribution in [0.15, 0.2) is 59.6 Å². The third-order valence-corrected chi connectivity index (χ3v) is 6.55. The Bertz CT molecular complexity index is 1420. The Morgan fingerprint density at radius 1 is 1.11 bits per heavy atom. The van der Waals surface area contributed by atoms with Crippen molar-refractivity contribution in [2.24, 2.45) is 5.73 Å². The molecular weight excluding hydrogens is 543 g/mol. The monoisotopic (exact) mass is 561 g/mol. The van der Waals surface area contributed by atoms with E-state index in [1.54, 1.807) is 30.3 Å². The van der Waals surface area contributed by atoms with Crippen LogP contribution in [-0.4, -0.2) is 58.5 Å². The summed E-state index contributed by atoms with van der Waals surface area (Å²) in [4.78, 5) is 24.2. The van der Waals surface area contributed by atoms with E-state index in [-0.39, 0.29) is 28.2 Å². The molecule has 16 heteroatoms. The van der Waals surface area contributed by atoms with E-state index in [4.69, 9.17) is 32.6 Å². The van der Waals surface area contributed by atoms with E-state index in [0.29, 0.717) is 16.3 Å². The van der Waals surface area contributed by atoms with Crippen LogP contribution in [0, 0.1) is 5.41 Å². The maximum atomic E-state index is 13.3. The SMILES string of the molecule is N=C(N)Nc1ncc(Cl)c2ccc(S(=O)(=O)N(CC(=O)O)Cc3ccccc3)cc12.O=C(O)C(F)(F)F. The third kappa shape index (κ3) is 8.03. The molecule has 3 rings (SSSR count). The molecule has 1 aromatic heterocycles. The van der Waals surface area contributed by atoms with Crippen LogP contribution >= 0.6 is 11.6 Å². The molecule has 0 bridgehead atoms. The number of aromatic nitrogens is 1. The van der Waals surface area contributed by atoms with Crippen LogP contribution in [0.1, 0.15) is 5.56 Å². The molecular formula is C21H19ClF3N5O6S. The molecule has 2 aromatic carbocycles. The molecule has 0 saturated heterocycles. The van der Waals surface area contributed by atoms with Gasteiger partial charge in [0, 0.05) is 23.5 Å². The summed E-state index contributed by atoms with van der Waals surface area (Å²) in [5, 5.41) is 27.4. The molecule has 0 spiro atoms. The number of alkyl halides is 3. The lowest BCUT2D eigenvalue weighted by atomic mass is 10.1. The zero-order valence-corrected chi connectivity index (χ0v) is 20.1. The highest BCUT2D eigenvalue weighted by molar-refractivity contribution is 7.89. The molecule has 0 aliphatic carbocycles. The first-order valence-corrected chi connectivity index (χ1v) is 11.7. The quantitative estimate of drug-likeness (QED) is 0.213. The van der Waals surface area contributed by atoms with Gasteiger partial charge in [0.05, 0.1) is 9.92 Å². The van der Waals surface area contributed by atoms with Crippen LogP contribution in [0.2, 0.25) is 5.02 Å². The Morgan fingerprint density at radius 2 is 1.70 bits per heavy atom. The minimum absolute atomic E-state index is 0.111. The van der Waals surface area contributed by atoms with Gasteiger partial charge in [-0.25, -0.2) is 18.2 Å². The molecule has 0 radical (unpaired) electrons. The number of pyridine rings is 1. The molecule has 0 fully saturated rings. The zero-order valence-electron chi connectivity index (χ0n) is 18.5. The van der Waals surface area contributed by atoms with E-state index in [0.717, 1.165) is 4.31 Å². The number of benzene rings is 2. The minimum Gasteiger partial charge on any atom is -0.480 e. The molecule has 11 nitrogen and oxygen atoms in total. The van der Waals surface area contributed by atoms with Crippen LogP contribution in [0.4, 0.5) is 19.0 Å². The maximum absolute atomic E-state index is 13.3. The Hall–Kier alpha value is -3.95. The van der Waals surface area contributed by atoms with Gasteiger partial charge in [-0.15, -0.1) is 0 Å². The van der Waals surface area contributed by atoms with Gasteiger partial charge in [0.2, 0.25) is 10.0 Å². The summed E-state index contributed by atoms with van der Waals surface area (Å²) in [7, 11) is -4.17. The number of halogens is 4. The number of hydrogen-bond donors (Lipinski definition) is 5. The van der Waals surface area contributed by atoms with Gasteiger partial charge in [0.25, 0.3) is 0 Å². The normalized spacial score (nSPS) is 11.5. The average molecular weight is 562 g/mol. The fourth-order valence-electron chi connectivity index (χ4n) is 2.89. The van der Waals surface area contributed by atoms with Crippen molar-refractivity contribution in [1.82, 2.24) is 9.29 Å². The number of nitrogens with zero attached hydrogens (tertiary/aromatic N) is 2. The van der Waals surface area contributed by atoms with Gasteiger partial charge in [-0.3, -0.25) is 10.2 Å². The number of carboxylic acids is 2. The van der Waals surface area contributed by atoms with Crippen molar-refractivity contribution in [3.05, 3.63) is 65.3 Å². The zero-order chi connectivity index (χ0) is 28.0. The van der Waals surface area contributed by atoms with Crippen LogP contribution < -0.4 is 11.1 Å². The highest BCUT2D eigenvalue weighted by Gasteiger charge is 2.38. The molecule has 0 amide bonds. The van der Waals surface area contributed by atoms with Crippen molar-refractivity contribution in [2.45, 2.75) is 17.6 Å². The molecule has 6 N–H and O–H groups in total. The van der Waals surface area contributed by atoms with E-state index >= 15 is 0 Å². The van der Waals surface area contributed by atoms with Crippen molar-refractivity contribution in [3.63, 3.8) is 0 Å². The first-order chi connectivity index (χ1) is 17.1. The molecule has 1 heterocycles. The van der Waals surface area contributed by atoms with Gasteiger partial charge in [0.1, 0.15) is 12.4 Å². The molecule has 0 saturated carbocycles. The predicted molar refractivity (Wildman–Crippen MR) is 128 cm³/mol. The van der Waals surface area contributed by atoms with Gasteiger partial charge < -0.3 is 21.3 Å². The van der Waals surface area contributed by atoms with Gasteiger partial charge in [-0.1, -0.05) is 48.0 Å². The summed E-state index contributed by atoms with van der Waals surface area (Å²) in [6, 6.07) is 12.9. The summed E-state index contributed by atoms with van der Waals surface area (Å²) in [5.74, 6) is -4.26. The fraction of sp³-hybridized carbons (Fsp3) is 0.143. The molecule has 37 heavy (non-hydrogen) atoms. The van der Waals surface area contributed by atoms with E-state index in [9.17, 15) is 31.5 Å². The second-order valence-corrected chi connectivity index (χ2v) is 9.50. The summed E-state index contributed by atoms with van der Waals surface area (Å²) >= 11 is 6.16. The number of carboxylic acid groups (broad SMARTS) is 2. The summed E-state index contributed by atoms with van der Waals surface area (Å²) in [6.07, 6.45) is -3.73. The predicted octanol–water partition coefficient (Wildman–Crippen LogP) is 3.10. The lowest BCUT2D eigenvalue weighted by Crippen LogP contribution is -2.35.